The number of ether oxygens (including phenoxy) is 1. The van der Waals surface area contributed by atoms with Crippen molar-refractivity contribution in [1.82, 2.24) is 0 Å². The Hall–Kier alpha value is -1.06. The van der Waals surface area contributed by atoms with Crippen molar-refractivity contribution in [1.29, 1.82) is 0 Å². The predicted molar refractivity (Wildman–Crippen MR) is 153 cm³/mol. The molecule has 36 heavy (non-hydrogen) atoms. The Morgan fingerprint density at radius 3 is 1.97 bits per heavy atom. The summed E-state index contributed by atoms with van der Waals surface area (Å²) in [5.74, 6) is 3.61. The van der Waals surface area contributed by atoms with Crippen LogP contribution in [0.2, 0.25) is 0 Å². The fourth-order valence-electron chi connectivity index (χ4n) is 6.04. The monoisotopic (exact) mass is 501 g/mol. The van der Waals surface area contributed by atoms with Crippen molar-refractivity contribution in [3.8, 4) is 5.75 Å². The number of hydrogen-bond acceptors (Lipinski definition) is 3. The normalized spacial score (nSPS) is 23.2. The van der Waals surface area contributed by atoms with Crippen molar-refractivity contribution in [2.24, 2.45) is 23.7 Å². The van der Waals surface area contributed by atoms with Gasteiger partial charge < -0.3 is 14.9 Å². The molecule has 6 unspecified atom stereocenters. The van der Waals surface area contributed by atoms with Crippen molar-refractivity contribution in [3.05, 3.63) is 28.3 Å². The van der Waals surface area contributed by atoms with Crippen LogP contribution in [0.25, 0.3) is 0 Å². The van der Waals surface area contributed by atoms with Gasteiger partial charge in [-0.15, -0.1) is 0 Å². The molecule has 1 aliphatic heterocycles. The van der Waals surface area contributed by atoms with Crippen molar-refractivity contribution in [2.45, 2.75) is 151 Å². The second-order valence-electron chi connectivity index (χ2n) is 13.0. The first-order chi connectivity index (χ1) is 16.8. The van der Waals surface area contributed by atoms with E-state index in [1.54, 1.807) is 6.92 Å². The van der Waals surface area contributed by atoms with E-state index >= 15 is 0 Å². The fraction of sp³-hybridized carbons (Fsp3) is 0.818. The molecule has 0 saturated heterocycles. The van der Waals surface area contributed by atoms with Gasteiger partial charge in [0, 0.05) is 5.92 Å². The molecule has 2 rings (SSSR count). The lowest BCUT2D eigenvalue weighted by Gasteiger charge is -2.45. The molecule has 0 spiro atoms. The standard InChI is InChI=1S/C33H57O3/c1-22(2)13-10-14-23(3)15-11-16-24(4)17-12-18-33(9)29(21-31(35)28(8)34)20-30-26(6)19-25(5)27(7)32(30)36-33/h22-24,28-29,31,34-35H,10-18,20-21H2,1-9H3. The summed E-state index contributed by atoms with van der Waals surface area (Å²) in [6, 6.07) is 3.50. The molecule has 1 aliphatic rings. The van der Waals surface area contributed by atoms with Gasteiger partial charge >= 0.3 is 0 Å². The Balaban J connectivity index is 1.95. The van der Waals surface area contributed by atoms with Crippen molar-refractivity contribution < 1.29 is 14.9 Å². The van der Waals surface area contributed by atoms with E-state index in [2.05, 4.69) is 61.5 Å². The molecule has 1 aromatic carbocycles. The van der Waals surface area contributed by atoms with Crippen molar-refractivity contribution >= 4 is 0 Å². The summed E-state index contributed by atoms with van der Waals surface area (Å²) in [5, 5.41) is 20.5. The van der Waals surface area contributed by atoms with E-state index in [1.165, 1.54) is 56.1 Å². The molecule has 0 amide bonds. The Labute approximate surface area is 223 Å². The minimum absolute atomic E-state index is 0.172. The number of aliphatic hydroxyl groups is 2. The molecule has 2 N–H and O–H groups in total. The zero-order chi connectivity index (χ0) is 27.0. The van der Waals surface area contributed by atoms with Gasteiger partial charge in [-0.05, 0) is 106 Å². The average molecular weight is 502 g/mol. The maximum Gasteiger partial charge on any atom is 0.126 e. The van der Waals surface area contributed by atoms with Crippen LogP contribution in [0.5, 0.6) is 5.75 Å². The third kappa shape index (κ3) is 9.05. The first-order valence-corrected chi connectivity index (χ1v) is 14.9. The van der Waals surface area contributed by atoms with Crippen LogP contribution in [0.3, 0.4) is 0 Å². The number of aliphatic hydroxyl groups excluding tert-OH is 2. The first kappa shape index (κ1) is 31.2. The van der Waals surface area contributed by atoms with Crippen LogP contribution < -0.4 is 4.74 Å². The van der Waals surface area contributed by atoms with Crippen molar-refractivity contribution in [2.75, 3.05) is 0 Å². The molecular formula is C33H57O3. The molecule has 0 aromatic heterocycles. The van der Waals surface area contributed by atoms with Crippen LogP contribution in [0, 0.1) is 50.5 Å². The van der Waals surface area contributed by atoms with Crippen LogP contribution in [0.4, 0.5) is 0 Å². The van der Waals surface area contributed by atoms with Crippen molar-refractivity contribution in [3.63, 3.8) is 0 Å². The van der Waals surface area contributed by atoms with Crippen LogP contribution in [0.15, 0.2) is 0 Å². The maximum absolute atomic E-state index is 10.6. The van der Waals surface area contributed by atoms with Gasteiger partial charge in [-0.1, -0.05) is 72.6 Å². The summed E-state index contributed by atoms with van der Waals surface area (Å²) in [6.07, 6.45) is 11.4. The Morgan fingerprint density at radius 2 is 1.42 bits per heavy atom. The molecule has 207 valence electrons. The summed E-state index contributed by atoms with van der Waals surface area (Å²) < 4.78 is 6.84. The van der Waals surface area contributed by atoms with Gasteiger partial charge in [-0.2, -0.15) is 0 Å². The molecule has 0 fully saturated rings. The average Bonchev–Trinajstić information content (AvgIpc) is 2.78. The van der Waals surface area contributed by atoms with Crippen LogP contribution in [0.1, 0.15) is 128 Å². The van der Waals surface area contributed by atoms with Gasteiger partial charge in [0.15, 0.2) is 0 Å². The third-order valence-electron chi connectivity index (χ3n) is 8.98. The lowest BCUT2D eigenvalue weighted by atomic mass is 9.73. The molecule has 3 heteroatoms. The van der Waals surface area contributed by atoms with E-state index < -0.39 is 12.2 Å². The number of aryl methyl sites for hydroxylation is 2. The smallest absolute Gasteiger partial charge is 0.126 e. The zero-order valence-electron chi connectivity index (χ0n) is 25.0. The number of benzene rings is 1. The third-order valence-corrected chi connectivity index (χ3v) is 8.98. The van der Waals surface area contributed by atoms with Crippen LogP contribution in [-0.2, 0) is 6.42 Å². The van der Waals surface area contributed by atoms with Gasteiger partial charge in [0.1, 0.15) is 11.4 Å². The quantitative estimate of drug-likeness (QED) is 0.254. The van der Waals surface area contributed by atoms with E-state index in [9.17, 15) is 10.2 Å². The molecule has 1 aromatic rings. The van der Waals surface area contributed by atoms with Crippen LogP contribution >= 0.6 is 0 Å². The highest BCUT2D eigenvalue weighted by Crippen LogP contribution is 2.45. The highest BCUT2D eigenvalue weighted by atomic mass is 16.5. The fourth-order valence-corrected chi connectivity index (χ4v) is 6.04. The largest absolute Gasteiger partial charge is 0.487 e. The lowest BCUT2D eigenvalue weighted by Crippen LogP contribution is -2.47. The highest BCUT2D eigenvalue weighted by Gasteiger charge is 2.43. The van der Waals surface area contributed by atoms with Gasteiger partial charge in [0.2, 0.25) is 0 Å². The minimum atomic E-state index is -0.726. The predicted octanol–water partition coefficient (Wildman–Crippen LogP) is 8.29. The van der Waals surface area contributed by atoms with E-state index in [0.717, 1.165) is 53.9 Å². The molecule has 0 saturated carbocycles. The lowest BCUT2D eigenvalue weighted by molar-refractivity contribution is -0.0463. The zero-order valence-corrected chi connectivity index (χ0v) is 25.0. The summed E-state index contributed by atoms with van der Waals surface area (Å²) in [5.41, 5.74) is 4.39. The Bertz CT molecular complexity index is 799. The van der Waals surface area contributed by atoms with Gasteiger partial charge in [0.25, 0.3) is 0 Å². The summed E-state index contributed by atoms with van der Waals surface area (Å²) in [4.78, 5) is 0. The minimum Gasteiger partial charge on any atom is -0.487 e. The van der Waals surface area contributed by atoms with Gasteiger partial charge in [0.05, 0.1) is 12.2 Å². The van der Waals surface area contributed by atoms with E-state index in [-0.39, 0.29) is 11.5 Å². The maximum atomic E-state index is 10.6. The van der Waals surface area contributed by atoms with E-state index in [1.807, 2.05) is 0 Å². The molecule has 0 bridgehead atoms. The summed E-state index contributed by atoms with van der Waals surface area (Å²) in [6.45, 7) is 19.8. The number of fused-ring (bicyclic) bond motifs is 1. The molecule has 0 aliphatic carbocycles. The second-order valence-corrected chi connectivity index (χ2v) is 13.0. The molecule has 1 heterocycles. The topological polar surface area (TPSA) is 49.7 Å². The second kappa shape index (κ2) is 14.2. The number of hydrogen-bond donors (Lipinski definition) is 2. The molecule has 6 atom stereocenters. The van der Waals surface area contributed by atoms with E-state index in [0.29, 0.717) is 6.42 Å². The molecule has 1 radical (unpaired) electrons. The Morgan fingerprint density at radius 1 is 0.861 bits per heavy atom. The molecular weight excluding hydrogens is 444 g/mol. The van der Waals surface area contributed by atoms with Crippen LogP contribution in [-0.4, -0.2) is 28.0 Å². The summed E-state index contributed by atoms with van der Waals surface area (Å²) in [7, 11) is 0. The first-order valence-electron chi connectivity index (χ1n) is 14.9. The van der Waals surface area contributed by atoms with E-state index in [4.69, 9.17) is 4.74 Å². The van der Waals surface area contributed by atoms with Gasteiger partial charge in [-0.3, -0.25) is 0 Å². The molecule has 3 nitrogen and oxygen atoms in total. The Kier molecular flexibility index (Phi) is 12.3. The summed E-state index contributed by atoms with van der Waals surface area (Å²) >= 11 is 0. The SMILES string of the molecule is Cc1[c]c(C)c2c(c1C)OC(C)(CCCC(C)CCCC(C)CCCC(C)C)C(CC(O)C(C)O)C2. The number of rotatable bonds is 15. The highest BCUT2D eigenvalue weighted by molar-refractivity contribution is 5.51. The van der Waals surface area contributed by atoms with Gasteiger partial charge in [-0.25, -0.2) is 0 Å².